The molecule has 0 fully saturated rings. The number of hydrogen-bond acceptors (Lipinski definition) is 2. The van der Waals surface area contributed by atoms with E-state index in [2.05, 4.69) is 0 Å². The molecular formula is C12H16BClO2. The van der Waals surface area contributed by atoms with E-state index in [0.29, 0.717) is 13.2 Å². The minimum absolute atomic E-state index is 0.273. The molecule has 0 radical (unpaired) electrons. The topological polar surface area (TPSA) is 18.5 Å². The van der Waals surface area contributed by atoms with Crippen molar-refractivity contribution < 1.29 is 9.31 Å². The molecule has 1 aromatic rings. The lowest BCUT2D eigenvalue weighted by atomic mass is 9.88. The molecule has 0 saturated heterocycles. The van der Waals surface area contributed by atoms with Crippen LogP contribution in [-0.4, -0.2) is 20.3 Å². The molecule has 0 atom stereocenters. The third-order valence-electron chi connectivity index (χ3n) is 1.98. The van der Waals surface area contributed by atoms with Gasteiger partial charge in [0.25, 0.3) is 0 Å². The summed E-state index contributed by atoms with van der Waals surface area (Å²) in [6, 6.07) is 7.62. The Labute approximate surface area is 102 Å². The van der Waals surface area contributed by atoms with Gasteiger partial charge in [0.05, 0.1) is 0 Å². The maximum absolute atomic E-state index is 5.80. The summed E-state index contributed by atoms with van der Waals surface area (Å²) in [5.41, 5.74) is 1.08. The monoisotopic (exact) mass is 238 g/mol. The van der Waals surface area contributed by atoms with Gasteiger partial charge in [-0.05, 0) is 31.5 Å². The quantitative estimate of drug-likeness (QED) is 0.707. The van der Waals surface area contributed by atoms with Gasteiger partial charge < -0.3 is 9.31 Å². The fraction of sp³-hybridized carbons (Fsp3) is 0.333. The Bertz CT molecular complexity index is 318. The summed E-state index contributed by atoms with van der Waals surface area (Å²) in [5.74, 6) is 1.90. The average molecular weight is 239 g/mol. The number of halogens is 1. The molecule has 0 unspecified atom stereocenters. The van der Waals surface area contributed by atoms with E-state index < -0.39 is 0 Å². The van der Waals surface area contributed by atoms with Crippen molar-refractivity contribution in [1.82, 2.24) is 0 Å². The van der Waals surface area contributed by atoms with Gasteiger partial charge in [0, 0.05) is 18.2 Å². The third kappa shape index (κ3) is 4.84. The van der Waals surface area contributed by atoms with Crippen molar-refractivity contribution in [3.05, 3.63) is 40.8 Å². The van der Waals surface area contributed by atoms with Gasteiger partial charge in [0.1, 0.15) is 0 Å². The lowest BCUT2D eigenvalue weighted by Crippen LogP contribution is -2.20. The van der Waals surface area contributed by atoms with Crippen LogP contribution in [-0.2, 0) is 9.31 Å². The number of rotatable bonds is 6. The molecule has 2 nitrogen and oxygen atoms in total. The molecule has 0 aliphatic carbocycles. The summed E-state index contributed by atoms with van der Waals surface area (Å²) in [7, 11) is -0.273. The summed E-state index contributed by atoms with van der Waals surface area (Å²) in [6.07, 6.45) is 1.96. The molecule has 86 valence electrons. The van der Waals surface area contributed by atoms with E-state index in [1.807, 2.05) is 50.2 Å². The van der Waals surface area contributed by atoms with Gasteiger partial charge in [-0.25, -0.2) is 0 Å². The van der Waals surface area contributed by atoms with E-state index >= 15 is 0 Å². The Balaban J connectivity index is 2.58. The second kappa shape index (κ2) is 7.50. The largest absolute Gasteiger partial charge is 0.486 e. The standard InChI is InChI=1S/C12H16BClO2/c1-3-15-13(16-4-2)10-9-11-5-7-12(14)8-6-11/h5-10H,3-4H2,1-2H3/b10-9+. The molecule has 0 bridgehead atoms. The van der Waals surface area contributed by atoms with Gasteiger partial charge in [-0.1, -0.05) is 35.8 Å². The molecule has 0 amide bonds. The zero-order chi connectivity index (χ0) is 11.8. The second-order valence-corrected chi connectivity index (χ2v) is 3.63. The fourth-order valence-corrected chi connectivity index (χ4v) is 1.38. The molecule has 1 rings (SSSR count). The van der Waals surface area contributed by atoms with E-state index in [9.17, 15) is 0 Å². The Morgan fingerprint density at radius 2 is 1.69 bits per heavy atom. The summed E-state index contributed by atoms with van der Waals surface area (Å²) < 4.78 is 10.8. The zero-order valence-electron chi connectivity index (χ0n) is 9.65. The van der Waals surface area contributed by atoms with Crippen LogP contribution in [0.15, 0.2) is 30.2 Å². The van der Waals surface area contributed by atoms with Gasteiger partial charge in [0.15, 0.2) is 0 Å². The average Bonchev–Trinajstić information content (AvgIpc) is 2.29. The first-order valence-corrected chi connectivity index (χ1v) is 5.81. The van der Waals surface area contributed by atoms with Crippen molar-refractivity contribution >= 4 is 24.8 Å². The van der Waals surface area contributed by atoms with Gasteiger partial charge in [0.2, 0.25) is 0 Å². The van der Waals surface area contributed by atoms with Crippen LogP contribution in [0, 0.1) is 0 Å². The van der Waals surface area contributed by atoms with Crippen LogP contribution in [0.1, 0.15) is 19.4 Å². The molecule has 0 aliphatic heterocycles. The van der Waals surface area contributed by atoms with Crippen LogP contribution in [0.3, 0.4) is 0 Å². The highest BCUT2D eigenvalue weighted by Gasteiger charge is 2.11. The Hall–Kier alpha value is -0.765. The van der Waals surface area contributed by atoms with Crippen molar-refractivity contribution in [2.45, 2.75) is 13.8 Å². The Morgan fingerprint density at radius 3 is 2.19 bits per heavy atom. The first-order chi connectivity index (χ1) is 7.76. The van der Waals surface area contributed by atoms with Crippen LogP contribution in [0.4, 0.5) is 0 Å². The minimum Gasteiger partial charge on any atom is -0.408 e. The summed E-state index contributed by atoms with van der Waals surface area (Å²) >= 11 is 5.80. The Kier molecular flexibility index (Phi) is 6.23. The highest BCUT2D eigenvalue weighted by Crippen LogP contribution is 2.11. The van der Waals surface area contributed by atoms with Gasteiger partial charge >= 0.3 is 7.12 Å². The second-order valence-electron chi connectivity index (χ2n) is 3.19. The molecule has 0 aliphatic rings. The first kappa shape index (κ1) is 13.3. The first-order valence-electron chi connectivity index (χ1n) is 5.43. The molecule has 0 spiro atoms. The molecule has 0 heterocycles. The molecular weight excluding hydrogens is 222 g/mol. The van der Waals surface area contributed by atoms with E-state index in [4.69, 9.17) is 20.9 Å². The number of benzene rings is 1. The summed E-state index contributed by atoms with van der Waals surface area (Å²) in [6.45, 7) is 5.16. The maximum Gasteiger partial charge on any atom is 0.486 e. The van der Waals surface area contributed by atoms with Crippen LogP contribution in [0.2, 0.25) is 5.02 Å². The number of hydrogen-bond donors (Lipinski definition) is 0. The fourth-order valence-electron chi connectivity index (χ4n) is 1.25. The SMILES string of the molecule is CCOB(/C=C/c1ccc(Cl)cc1)OCC. The van der Waals surface area contributed by atoms with Crippen molar-refractivity contribution in [2.24, 2.45) is 0 Å². The molecule has 1 aromatic carbocycles. The molecule has 4 heteroatoms. The predicted octanol–water partition coefficient (Wildman–Crippen LogP) is 3.45. The minimum atomic E-state index is -0.273. The van der Waals surface area contributed by atoms with Crippen molar-refractivity contribution in [3.63, 3.8) is 0 Å². The van der Waals surface area contributed by atoms with Gasteiger partial charge in [-0.2, -0.15) is 0 Å². The van der Waals surface area contributed by atoms with Crippen molar-refractivity contribution in [2.75, 3.05) is 13.2 Å². The normalized spacial score (nSPS) is 10.9. The van der Waals surface area contributed by atoms with E-state index in [-0.39, 0.29) is 7.12 Å². The molecule has 0 aromatic heterocycles. The van der Waals surface area contributed by atoms with Crippen LogP contribution < -0.4 is 0 Å². The highest BCUT2D eigenvalue weighted by atomic mass is 35.5. The highest BCUT2D eigenvalue weighted by molar-refractivity contribution is 6.51. The maximum atomic E-state index is 5.80. The molecule has 16 heavy (non-hydrogen) atoms. The van der Waals surface area contributed by atoms with Crippen LogP contribution in [0.5, 0.6) is 0 Å². The van der Waals surface area contributed by atoms with Gasteiger partial charge in [-0.3, -0.25) is 0 Å². The summed E-state index contributed by atoms with van der Waals surface area (Å²) in [4.78, 5) is 0. The van der Waals surface area contributed by atoms with E-state index in [0.717, 1.165) is 10.6 Å². The van der Waals surface area contributed by atoms with E-state index in [1.54, 1.807) is 0 Å². The molecule has 0 saturated carbocycles. The third-order valence-corrected chi connectivity index (χ3v) is 2.23. The zero-order valence-corrected chi connectivity index (χ0v) is 10.4. The Morgan fingerprint density at radius 1 is 1.12 bits per heavy atom. The van der Waals surface area contributed by atoms with Crippen molar-refractivity contribution in [1.29, 1.82) is 0 Å². The van der Waals surface area contributed by atoms with E-state index in [1.165, 1.54) is 0 Å². The summed E-state index contributed by atoms with van der Waals surface area (Å²) in [5, 5.41) is 0.739. The lowest BCUT2D eigenvalue weighted by Gasteiger charge is -2.07. The van der Waals surface area contributed by atoms with Crippen LogP contribution in [0.25, 0.3) is 6.08 Å². The van der Waals surface area contributed by atoms with Gasteiger partial charge in [-0.15, -0.1) is 0 Å². The predicted molar refractivity (Wildman–Crippen MR) is 69.5 cm³/mol. The smallest absolute Gasteiger partial charge is 0.408 e. The van der Waals surface area contributed by atoms with Crippen LogP contribution >= 0.6 is 11.6 Å². The molecule has 0 N–H and O–H groups in total. The van der Waals surface area contributed by atoms with Crippen molar-refractivity contribution in [3.8, 4) is 0 Å². The lowest BCUT2D eigenvalue weighted by molar-refractivity contribution is 0.224.